The van der Waals surface area contributed by atoms with Gasteiger partial charge in [-0.2, -0.15) is 4.37 Å². The minimum atomic E-state index is -0.776. The van der Waals surface area contributed by atoms with Crippen molar-refractivity contribution >= 4 is 29.6 Å². The Morgan fingerprint density at radius 2 is 2.00 bits per heavy atom. The number of hydrogen-bond acceptors (Lipinski definition) is 5. The van der Waals surface area contributed by atoms with Crippen LogP contribution in [0.15, 0.2) is 27.7 Å². The number of carbonyl (C=O) groups is 1. The molecule has 0 fully saturated rings. The molecule has 1 heterocycles. The molecule has 0 unspecified atom stereocenters. The summed E-state index contributed by atoms with van der Waals surface area (Å²) in [7, 11) is 0. The highest BCUT2D eigenvalue weighted by atomic mass is 32.2. The van der Waals surface area contributed by atoms with E-state index in [1.165, 1.54) is 6.33 Å². The first-order valence-electron chi connectivity index (χ1n) is 4.09. The predicted molar refractivity (Wildman–Crippen MR) is 55.8 cm³/mol. The number of carbonyl (C=O) groups excluding carboxylic acids is 1. The van der Waals surface area contributed by atoms with Crippen LogP contribution in [0.2, 0.25) is 0 Å². The summed E-state index contributed by atoms with van der Waals surface area (Å²) >= 11 is 1.89. The summed E-state index contributed by atoms with van der Waals surface area (Å²) in [4.78, 5) is 14.0. The Balaban J connectivity index is 2.37. The molecule has 0 bridgehead atoms. The molecule has 0 saturated carbocycles. The maximum absolute atomic E-state index is 13.4. The van der Waals surface area contributed by atoms with Gasteiger partial charge in [0.15, 0.2) is 4.34 Å². The molecule has 0 saturated heterocycles. The fourth-order valence-corrected chi connectivity index (χ4v) is 2.43. The second kappa shape index (κ2) is 4.67. The molecule has 3 nitrogen and oxygen atoms in total. The third kappa shape index (κ3) is 2.25. The van der Waals surface area contributed by atoms with Crippen LogP contribution in [0.25, 0.3) is 0 Å². The van der Waals surface area contributed by atoms with Gasteiger partial charge in [0, 0.05) is 5.56 Å². The number of nitrogens with zero attached hydrogens (tertiary/aromatic N) is 2. The van der Waals surface area contributed by atoms with Gasteiger partial charge in [-0.3, -0.25) is 4.79 Å². The zero-order chi connectivity index (χ0) is 11.5. The van der Waals surface area contributed by atoms with E-state index in [9.17, 15) is 13.6 Å². The summed E-state index contributed by atoms with van der Waals surface area (Å²) in [5.41, 5.74) is -0.0309. The highest BCUT2D eigenvalue weighted by Gasteiger charge is 2.14. The third-order valence-electron chi connectivity index (χ3n) is 1.69. The van der Waals surface area contributed by atoms with Crippen molar-refractivity contribution in [1.82, 2.24) is 9.36 Å². The molecule has 1 aromatic carbocycles. The van der Waals surface area contributed by atoms with Crippen molar-refractivity contribution in [2.75, 3.05) is 0 Å². The molecule has 7 heteroatoms. The molecule has 0 spiro atoms. The summed E-state index contributed by atoms with van der Waals surface area (Å²) < 4.78 is 31.0. The molecular weight excluding hydrogens is 254 g/mol. The van der Waals surface area contributed by atoms with Gasteiger partial charge in [-0.1, -0.05) is 11.8 Å². The molecule has 16 heavy (non-hydrogen) atoms. The van der Waals surface area contributed by atoms with Crippen molar-refractivity contribution in [3.05, 3.63) is 35.7 Å². The van der Waals surface area contributed by atoms with Crippen molar-refractivity contribution in [3.8, 4) is 0 Å². The zero-order valence-electron chi connectivity index (χ0n) is 7.68. The summed E-state index contributed by atoms with van der Waals surface area (Å²) in [5, 5.41) is 0. The number of benzene rings is 1. The van der Waals surface area contributed by atoms with Crippen molar-refractivity contribution < 1.29 is 13.6 Å². The van der Waals surface area contributed by atoms with E-state index in [4.69, 9.17) is 0 Å². The Morgan fingerprint density at radius 1 is 1.31 bits per heavy atom. The lowest BCUT2D eigenvalue weighted by Crippen LogP contribution is -1.91. The van der Waals surface area contributed by atoms with E-state index in [2.05, 4.69) is 9.36 Å². The van der Waals surface area contributed by atoms with Gasteiger partial charge in [0.2, 0.25) is 0 Å². The predicted octanol–water partition coefficient (Wildman–Crippen LogP) is 2.78. The second-order valence-corrected chi connectivity index (χ2v) is 4.78. The van der Waals surface area contributed by atoms with E-state index in [1.807, 2.05) is 0 Å². The van der Waals surface area contributed by atoms with Crippen molar-refractivity contribution in [1.29, 1.82) is 0 Å². The van der Waals surface area contributed by atoms with Crippen LogP contribution in [0.3, 0.4) is 0 Å². The summed E-state index contributed by atoms with van der Waals surface area (Å²) in [6.07, 6.45) is 1.70. The molecule has 0 aliphatic carbocycles. The fourth-order valence-electron chi connectivity index (χ4n) is 1.04. The molecule has 0 radical (unpaired) electrons. The highest BCUT2D eigenvalue weighted by molar-refractivity contribution is 8.01. The van der Waals surface area contributed by atoms with Crippen LogP contribution < -0.4 is 0 Å². The monoisotopic (exact) mass is 258 g/mol. The van der Waals surface area contributed by atoms with Crippen LogP contribution in [0, 0.1) is 11.6 Å². The number of aromatic nitrogens is 2. The van der Waals surface area contributed by atoms with Gasteiger partial charge in [-0.25, -0.2) is 13.8 Å². The van der Waals surface area contributed by atoms with Gasteiger partial charge in [0.05, 0.1) is 4.90 Å². The molecule has 0 aliphatic heterocycles. The van der Waals surface area contributed by atoms with E-state index in [0.29, 0.717) is 10.6 Å². The first-order chi connectivity index (χ1) is 7.70. The van der Waals surface area contributed by atoms with Crippen molar-refractivity contribution in [3.63, 3.8) is 0 Å². The molecule has 82 valence electrons. The number of rotatable bonds is 3. The molecule has 0 N–H and O–H groups in total. The number of aldehydes is 1. The average molecular weight is 258 g/mol. The van der Waals surface area contributed by atoms with E-state index in [0.717, 1.165) is 35.4 Å². The van der Waals surface area contributed by atoms with Crippen LogP contribution in [0.5, 0.6) is 0 Å². The smallest absolute Gasteiger partial charge is 0.174 e. The first-order valence-corrected chi connectivity index (χ1v) is 5.68. The molecule has 0 aliphatic rings. The Morgan fingerprint density at radius 3 is 2.50 bits per heavy atom. The molecule has 2 aromatic rings. The topological polar surface area (TPSA) is 42.9 Å². The lowest BCUT2D eigenvalue weighted by molar-refractivity contribution is 0.112. The maximum atomic E-state index is 13.4. The SMILES string of the molecule is O=Cc1cc(F)c(Sc2ncns2)c(F)c1. The Labute approximate surface area is 97.7 Å². The third-order valence-corrected chi connectivity index (χ3v) is 3.50. The molecule has 0 atom stereocenters. The van der Waals surface area contributed by atoms with Gasteiger partial charge < -0.3 is 0 Å². The minimum absolute atomic E-state index is 0.0309. The summed E-state index contributed by atoms with van der Waals surface area (Å²) in [6.45, 7) is 0. The number of hydrogen-bond donors (Lipinski definition) is 0. The van der Waals surface area contributed by atoms with Crippen LogP contribution in [0.4, 0.5) is 8.78 Å². The Hall–Kier alpha value is -1.34. The Bertz CT molecular complexity index is 493. The van der Waals surface area contributed by atoms with Crippen LogP contribution in [-0.2, 0) is 0 Å². The van der Waals surface area contributed by atoms with Crippen LogP contribution in [-0.4, -0.2) is 15.6 Å². The summed E-state index contributed by atoms with van der Waals surface area (Å²) in [5.74, 6) is -1.55. The van der Waals surface area contributed by atoms with Gasteiger partial charge in [-0.05, 0) is 23.7 Å². The van der Waals surface area contributed by atoms with Crippen LogP contribution in [0.1, 0.15) is 10.4 Å². The zero-order valence-corrected chi connectivity index (χ0v) is 9.32. The van der Waals surface area contributed by atoms with Gasteiger partial charge in [0.1, 0.15) is 24.2 Å². The molecular formula is C9H4F2N2OS2. The average Bonchev–Trinajstić information content (AvgIpc) is 2.75. The standard InChI is InChI=1S/C9H4F2N2OS2/c10-6-1-5(3-14)2-7(11)8(6)15-9-12-4-13-16-9/h1-4H. The molecule has 0 amide bonds. The van der Waals surface area contributed by atoms with Gasteiger partial charge in [-0.15, -0.1) is 0 Å². The molecule has 2 rings (SSSR count). The van der Waals surface area contributed by atoms with Gasteiger partial charge >= 0.3 is 0 Å². The summed E-state index contributed by atoms with van der Waals surface area (Å²) in [6, 6.07) is 1.97. The number of halogens is 2. The van der Waals surface area contributed by atoms with Gasteiger partial charge in [0.25, 0.3) is 0 Å². The van der Waals surface area contributed by atoms with E-state index < -0.39 is 11.6 Å². The molecule has 1 aromatic heterocycles. The first kappa shape index (κ1) is 11.2. The highest BCUT2D eigenvalue weighted by Crippen LogP contribution is 2.32. The van der Waals surface area contributed by atoms with Crippen molar-refractivity contribution in [2.45, 2.75) is 9.24 Å². The maximum Gasteiger partial charge on any atom is 0.174 e. The normalized spacial score (nSPS) is 10.4. The largest absolute Gasteiger partial charge is 0.298 e. The van der Waals surface area contributed by atoms with E-state index in [-0.39, 0.29) is 10.5 Å². The minimum Gasteiger partial charge on any atom is -0.298 e. The fraction of sp³-hybridized carbons (Fsp3) is 0. The quantitative estimate of drug-likeness (QED) is 0.794. The Kier molecular flexibility index (Phi) is 3.25. The van der Waals surface area contributed by atoms with Crippen LogP contribution >= 0.6 is 23.3 Å². The second-order valence-electron chi connectivity index (χ2n) is 2.74. The van der Waals surface area contributed by atoms with E-state index in [1.54, 1.807) is 0 Å². The lowest BCUT2D eigenvalue weighted by atomic mass is 10.2. The lowest BCUT2D eigenvalue weighted by Gasteiger charge is -2.02. The van der Waals surface area contributed by atoms with Crippen molar-refractivity contribution in [2.24, 2.45) is 0 Å². The van der Waals surface area contributed by atoms with E-state index >= 15 is 0 Å².